The summed E-state index contributed by atoms with van der Waals surface area (Å²) in [7, 11) is 3.43. The van der Waals surface area contributed by atoms with E-state index < -0.39 is 23.0 Å². The summed E-state index contributed by atoms with van der Waals surface area (Å²) in [5.74, 6) is -0.876. The van der Waals surface area contributed by atoms with Gasteiger partial charge in [0.05, 0.1) is 39.9 Å². The number of halogens is 1. The van der Waals surface area contributed by atoms with E-state index in [2.05, 4.69) is 9.97 Å². The van der Waals surface area contributed by atoms with Gasteiger partial charge in [0.25, 0.3) is 0 Å². The lowest BCUT2D eigenvalue weighted by Crippen LogP contribution is -2.41. The molecule has 2 amide bonds. The minimum Gasteiger partial charge on any atom is -0.497 e. The largest absolute Gasteiger partial charge is 0.497 e. The first-order chi connectivity index (χ1) is 19.3. The molecule has 202 valence electrons. The quantitative estimate of drug-likeness (QED) is 0.250. The Hall–Kier alpha value is -4.77. The normalized spacial score (nSPS) is 13.7. The highest BCUT2D eigenvalue weighted by atomic mass is 32.1. The Kier molecular flexibility index (Phi) is 6.22. The number of aryl methyl sites for hydroxylation is 1. The van der Waals surface area contributed by atoms with Crippen molar-refractivity contribution < 1.29 is 23.5 Å². The topological polar surface area (TPSA) is 113 Å². The minimum atomic E-state index is -1.31. The van der Waals surface area contributed by atoms with E-state index in [1.54, 1.807) is 48.9 Å². The molecule has 1 aliphatic carbocycles. The third kappa shape index (κ3) is 4.43. The van der Waals surface area contributed by atoms with Crippen molar-refractivity contribution >= 4 is 44.7 Å². The molecule has 40 heavy (non-hydrogen) atoms. The lowest BCUT2D eigenvalue weighted by atomic mass is 10.0. The van der Waals surface area contributed by atoms with Gasteiger partial charge in [0.1, 0.15) is 16.9 Å². The Morgan fingerprint density at radius 3 is 2.42 bits per heavy atom. The zero-order valence-electron chi connectivity index (χ0n) is 21.6. The average molecular weight is 558 g/mol. The Bertz CT molecular complexity index is 1760. The second-order valence-corrected chi connectivity index (χ2v) is 10.6. The van der Waals surface area contributed by atoms with Crippen LogP contribution in [-0.4, -0.2) is 33.5 Å². The van der Waals surface area contributed by atoms with E-state index in [0.717, 1.165) is 15.3 Å². The van der Waals surface area contributed by atoms with E-state index in [0.29, 0.717) is 35.5 Å². The molecule has 9 nitrogen and oxygen atoms in total. The number of anilines is 2. The highest BCUT2D eigenvalue weighted by Crippen LogP contribution is 2.49. The molecule has 1 fully saturated rings. The van der Waals surface area contributed by atoms with Crippen molar-refractivity contribution in [1.82, 2.24) is 14.5 Å². The van der Waals surface area contributed by atoms with E-state index in [-0.39, 0.29) is 11.4 Å². The summed E-state index contributed by atoms with van der Waals surface area (Å²) in [6, 6.07) is 14.5. The number of rotatable bonds is 8. The standard InChI is InChI=1S/C29H24FN5O4S/c1-34-15-22(33-16-34)25-14-21-26(40-25)24(9-12-32-21)39-23-8-5-18(13-20(23)30)35(17-3-6-19(38-2)7-4-17)28(37)29(10-11-29)27(31)36/h3-9,12-16H,10-11H2,1-2H3,(H2,31,36). The molecular weight excluding hydrogens is 533 g/mol. The predicted molar refractivity (Wildman–Crippen MR) is 149 cm³/mol. The van der Waals surface area contributed by atoms with Gasteiger partial charge in [-0.25, -0.2) is 9.37 Å². The van der Waals surface area contributed by atoms with E-state index >= 15 is 4.39 Å². The number of carbonyl (C=O) groups excluding carboxylic acids is 2. The molecule has 1 saturated carbocycles. The fraction of sp³-hybridized carbons (Fsp3) is 0.172. The van der Waals surface area contributed by atoms with E-state index in [1.807, 2.05) is 23.9 Å². The van der Waals surface area contributed by atoms with Crippen LogP contribution >= 0.6 is 11.3 Å². The Morgan fingerprint density at radius 1 is 1.05 bits per heavy atom. The van der Waals surface area contributed by atoms with E-state index in [1.165, 1.54) is 35.5 Å². The van der Waals surface area contributed by atoms with Crippen LogP contribution in [0.4, 0.5) is 15.8 Å². The summed E-state index contributed by atoms with van der Waals surface area (Å²) in [6.45, 7) is 0. The van der Waals surface area contributed by atoms with Crippen molar-refractivity contribution in [1.29, 1.82) is 0 Å². The minimum absolute atomic E-state index is 0.0257. The molecule has 0 atom stereocenters. The lowest BCUT2D eigenvalue weighted by Gasteiger charge is -2.27. The number of nitrogens with two attached hydrogens (primary N) is 1. The summed E-state index contributed by atoms with van der Waals surface area (Å²) in [4.78, 5) is 36.8. The maximum absolute atomic E-state index is 15.5. The highest BCUT2D eigenvalue weighted by molar-refractivity contribution is 7.22. The number of benzene rings is 2. The molecular formula is C29H24FN5O4S. The fourth-order valence-corrected chi connectivity index (χ4v) is 5.54. The van der Waals surface area contributed by atoms with Crippen LogP contribution < -0.4 is 20.1 Å². The summed E-state index contributed by atoms with van der Waals surface area (Å²) in [6.07, 6.45) is 5.91. The molecule has 11 heteroatoms. The summed E-state index contributed by atoms with van der Waals surface area (Å²) in [5.41, 5.74) is 6.48. The van der Waals surface area contributed by atoms with Crippen LogP contribution in [0, 0.1) is 11.2 Å². The second-order valence-electron chi connectivity index (χ2n) is 9.56. The van der Waals surface area contributed by atoms with E-state index in [4.69, 9.17) is 15.2 Å². The van der Waals surface area contributed by atoms with Gasteiger partial charge in [-0.05, 0) is 55.3 Å². The lowest BCUT2D eigenvalue weighted by molar-refractivity contribution is -0.133. The zero-order valence-corrected chi connectivity index (χ0v) is 22.4. The van der Waals surface area contributed by atoms with Crippen molar-refractivity contribution in [2.75, 3.05) is 12.0 Å². The van der Waals surface area contributed by atoms with Crippen LogP contribution in [0.3, 0.4) is 0 Å². The Morgan fingerprint density at radius 2 is 1.80 bits per heavy atom. The van der Waals surface area contributed by atoms with Crippen LogP contribution in [0.2, 0.25) is 0 Å². The third-order valence-electron chi connectivity index (χ3n) is 6.89. The summed E-state index contributed by atoms with van der Waals surface area (Å²) >= 11 is 1.45. The Balaban J connectivity index is 1.34. The maximum Gasteiger partial charge on any atom is 0.247 e. The molecule has 0 unspecified atom stereocenters. The first kappa shape index (κ1) is 25.5. The summed E-state index contributed by atoms with van der Waals surface area (Å²) in [5, 5.41) is 0. The van der Waals surface area contributed by atoms with Gasteiger partial charge in [-0.3, -0.25) is 19.5 Å². The second kappa shape index (κ2) is 9.76. The van der Waals surface area contributed by atoms with Crippen LogP contribution in [0.15, 0.2) is 73.3 Å². The van der Waals surface area contributed by atoms with Gasteiger partial charge in [0, 0.05) is 37.3 Å². The number of amides is 2. The molecule has 0 spiro atoms. The van der Waals surface area contributed by atoms with Gasteiger partial charge in [-0.1, -0.05) is 0 Å². The number of hydrogen-bond donors (Lipinski definition) is 1. The van der Waals surface area contributed by atoms with Gasteiger partial charge < -0.3 is 19.8 Å². The zero-order chi connectivity index (χ0) is 28.0. The number of pyridine rings is 1. The molecule has 3 aromatic heterocycles. The fourth-order valence-electron chi connectivity index (χ4n) is 4.51. The first-order valence-corrected chi connectivity index (χ1v) is 13.2. The van der Waals surface area contributed by atoms with Crippen LogP contribution in [0.1, 0.15) is 12.8 Å². The number of hydrogen-bond acceptors (Lipinski definition) is 7. The average Bonchev–Trinajstić information content (AvgIpc) is 3.48. The molecule has 0 saturated heterocycles. The molecule has 0 aliphatic heterocycles. The summed E-state index contributed by atoms with van der Waals surface area (Å²) < 4.78 is 29.4. The molecule has 6 rings (SSSR count). The number of thiophene rings is 1. The van der Waals surface area contributed by atoms with Gasteiger partial charge in [0.15, 0.2) is 11.6 Å². The van der Waals surface area contributed by atoms with Crippen LogP contribution in [-0.2, 0) is 16.6 Å². The van der Waals surface area contributed by atoms with Crippen molar-refractivity contribution in [3.63, 3.8) is 0 Å². The maximum atomic E-state index is 15.5. The number of ether oxygens (including phenoxy) is 2. The number of methoxy groups -OCH3 is 1. The van der Waals surface area contributed by atoms with Crippen molar-refractivity contribution in [2.45, 2.75) is 12.8 Å². The molecule has 1 aliphatic rings. The van der Waals surface area contributed by atoms with Gasteiger partial charge in [0.2, 0.25) is 11.8 Å². The van der Waals surface area contributed by atoms with Crippen molar-refractivity contribution in [2.24, 2.45) is 18.2 Å². The molecule has 0 radical (unpaired) electrons. The number of aromatic nitrogens is 3. The number of carbonyl (C=O) groups is 2. The van der Waals surface area contributed by atoms with Gasteiger partial charge in [-0.2, -0.15) is 0 Å². The number of fused-ring (bicyclic) bond motifs is 1. The highest BCUT2D eigenvalue weighted by Gasteiger charge is 2.57. The molecule has 2 N–H and O–H groups in total. The van der Waals surface area contributed by atoms with Gasteiger partial charge >= 0.3 is 0 Å². The number of imidazole rings is 1. The molecule has 2 aromatic carbocycles. The van der Waals surface area contributed by atoms with Crippen molar-refractivity contribution in [3.05, 3.63) is 79.1 Å². The Labute approximate surface area is 232 Å². The number of primary amides is 1. The van der Waals surface area contributed by atoms with Gasteiger partial charge in [-0.15, -0.1) is 11.3 Å². The van der Waals surface area contributed by atoms with E-state index in [9.17, 15) is 9.59 Å². The monoisotopic (exact) mass is 557 g/mol. The third-order valence-corrected chi connectivity index (χ3v) is 8.05. The van der Waals surface area contributed by atoms with Crippen molar-refractivity contribution in [3.8, 4) is 27.8 Å². The first-order valence-electron chi connectivity index (χ1n) is 12.4. The SMILES string of the molecule is COc1ccc(N(C(=O)C2(C(N)=O)CC2)c2ccc(Oc3ccnc4cc(-c5cn(C)cn5)sc34)c(F)c2)cc1. The molecule has 5 aromatic rings. The smallest absolute Gasteiger partial charge is 0.247 e. The molecule has 0 bridgehead atoms. The number of nitrogens with zero attached hydrogens (tertiary/aromatic N) is 4. The predicted octanol–water partition coefficient (Wildman–Crippen LogP) is 5.57. The molecule has 3 heterocycles. The van der Waals surface area contributed by atoms with Crippen LogP contribution in [0.5, 0.6) is 17.2 Å². The van der Waals surface area contributed by atoms with Crippen LogP contribution in [0.25, 0.3) is 20.8 Å².